The standard InChI is InChI=1S/C20H21IN2O2/c1-23-11-9-14(10-12-23)19(24)15-5-4-6-16(13-15)22-20(25)17-7-2-3-8-18(17)21/h2-8,13-14H,9-12H2,1H3,(H,22,25). The number of hydrogen-bond donors (Lipinski definition) is 1. The first-order valence-corrected chi connectivity index (χ1v) is 9.51. The van der Waals surface area contributed by atoms with Crippen LogP contribution >= 0.6 is 22.6 Å². The highest BCUT2D eigenvalue weighted by Crippen LogP contribution is 2.23. The van der Waals surface area contributed by atoms with E-state index in [9.17, 15) is 9.59 Å². The van der Waals surface area contributed by atoms with Crippen LogP contribution in [0.4, 0.5) is 5.69 Å². The summed E-state index contributed by atoms with van der Waals surface area (Å²) in [5.74, 6) is 0.101. The summed E-state index contributed by atoms with van der Waals surface area (Å²) in [6.07, 6.45) is 1.79. The van der Waals surface area contributed by atoms with Gasteiger partial charge in [0.2, 0.25) is 0 Å². The highest BCUT2D eigenvalue weighted by Gasteiger charge is 2.24. The third kappa shape index (κ3) is 4.46. The Hall–Kier alpha value is -1.73. The fraction of sp³-hybridized carbons (Fsp3) is 0.300. The topological polar surface area (TPSA) is 49.4 Å². The fourth-order valence-electron chi connectivity index (χ4n) is 3.10. The lowest BCUT2D eigenvalue weighted by Crippen LogP contribution is -2.33. The van der Waals surface area contributed by atoms with E-state index in [0.717, 1.165) is 29.5 Å². The lowest BCUT2D eigenvalue weighted by Gasteiger charge is -2.28. The summed E-state index contributed by atoms with van der Waals surface area (Å²) in [4.78, 5) is 27.4. The molecule has 1 heterocycles. The lowest BCUT2D eigenvalue weighted by molar-refractivity contribution is 0.0856. The number of Topliss-reactive ketones (excluding diaryl/α,β-unsaturated/α-hetero) is 1. The van der Waals surface area contributed by atoms with E-state index in [2.05, 4.69) is 39.9 Å². The van der Waals surface area contributed by atoms with Crippen molar-refractivity contribution >= 4 is 40.0 Å². The first kappa shape index (κ1) is 18.1. The molecule has 25 heavy (non-hydrogen) atoms. The normalized spacial score (nSPS) is 15.8. The van der Waals surface area contributed by atoms with Gasteiger partial charge in [0.1, 0.15) is 0 Å². The highest BCUT2D eigenvalue weighted by atomic mass is 127. The third-order valence-corrected chi connectivity index (χ3v) is 5.55. The molecule has 5 heteroatoms. The van der Waals surface area contributed by atoms with Gasteiger partial charge in [-0.2, -0.15) is 0 Å². The summed E-state index contributed by atoms with van der Waals surface area (Å²) >= 11 is 2.15. The molecular formula is C20H21IN2O2. The molecule has 1 saturated heterocycles. The zero-order valence-corrected chi connectivity index (χ0v) is 16.3. The zero-order valence-electron chi connectivity index (χ0n) is 14.2. The maximum atomic E-state index is 12.7. The van der Waals surface area contributed by atoms with Crippen LogP contribution in [0.2, 0.25) is 0 Å². The maximum Gasteiger partial charge on any atom is 0.256 e. The van der Waals surface area contributed by atoms with Crippen molar-refractivity contribution in [2.24, 2.45) is 5.92 Å². The van der Waals surface area contributed by atoms with Crippen LogP contribution < -0.4 is 5.32 Å². The number of amides is 1. The van der Waals surface area contributed by atoms with Crippen LogP contribution in [0.15, 0.2) is 48.5 Å². The van der Waals surface area contributed by atoms with E-state index in [1.165, 1.54) is 0 Å². The van der Waals surface area contributed by atoms with Crippen molar-refractivity contribution in [2.45, 2.75) is 12.8 Å². The number of likely N-dealkylation sites (tertiary alicyclic amines) is 1. The number of benzene rings is 2. The van der Waals surface area contributed by atoms with Gasteiger partial charge in [0.05, 0.1) is 5.56 Å². The quantitative estimate of drug-likeness (QED) is 0.567. The van der Waals surface area contributed by atoms with E-state index in [-0.39, 0.29) is 17.6 Å². The molecule has 4 nitrogen and oxygen atoms in total. The first-order valence-electron chi connectivity index (χ1n) is 8.43. The smallest absolute Gasteiger partial charge is 0.256 e. The van der Waals surface area contributed by atoms with Gasteiger partial charge in [-0.25, -0.2) is 0 Å². The Morgan fingerprint density at radius 2 is 1.80 bits per heavy atom. The number of halogens is 1. The van der Waals surface area contributed by atoms with E-state index in [1.807, 2.05) is 36.4 Å². The Morgan fingerprint density at radius 3 is 2.52 bits per heavy atom. The predicted octanol–water partition coefficient (Wildman–Crippen LogP) is 4.07. The number of carbonyl (C=O) groups is 2. The summed E-state index contributed by atoms with van der Waals surface area (Å²) < 4.78 is 0.899. The van der Waals surface area contributed by atoms with Gasteiger partial charge in [-0.1, -0.05) is 24.3 Å². The van der Waals surface area contributed by atoms with Gasteiger partial charge >= 0.3 is 0 Å². The van der Waals surface area contributed by atoms with Crippen LogP contribution in [0.5, 0.6) is 0 Å². The summed E-state index contributed by atoms with van der Waals surface area (Å²) in [6.45, 7) is 1.92. The minimum absolute atomic E-state index is 0.0808. The molecule has 0 unspecified atom stereocenters. The second-order valence-electron chi connectivity index (χ2n) is 6.46. The van der Waals surface area contributed by atoms with Crippen LogP contribution in [0.25, 0.3) is 0 Å². The van der Waals surface area contributed by atoms with Gasteiger partial charge < -0.3 is 10.2 Å². The van der Waals surface area contributed by atoms with Gasteiger partial charge in [-0.05, 0) is 79.8 Å². The Morgan fingerprint density at radius 1 is 1.08 bits per heavy atom. The first-order chi connectivity index (χ1) is 12.0. The molecule has 1 aliphatic heterocycles. The zero-order chi connectivity index (χ0) is 17.8. The minimum Gasteiger partial charge on any atom is -0.322 e. The van der Waals surface area contributed by atoms with Crippen LogP contribution in [0.1, 0.15) is 33.6 Å². The number of ketones is 1. The van der Waals surface area contributed by atoms with Crippen LogP contribution in [-0.4, -0.2) is 36.7 Å². The molecule has 0 radical (unpaired) electrons. The molecule has 0 aliphatic carbocycles. The minimum atomic E-state index is -0.158. The number of anilines is 1. The van der Waals surface area contributed by atoms with E-state index in [4.69, 9.17) is 0 Å². The number of piperidine rings is 1. The van der Waals surface area contributed by atoms with Crippen molar-refractivity contribution in [1.29, 1.82) is 0 Å². The van der Waals surface area contributed by atoms with E-state index in [0.29, 0.717) is 16.8 Å². The monoisotopic (exact) mass is 448 g/mol. The molecule has 3 rings (SSSR count). The number of carbonyl (C=O) groups excluding carboxylic acids is 2. The predicted molar refractivity (Wildman–Crippen MR) is 108 cm³/mol. The Balaban J connectivity index is 1.72. The SMILES string of the molecule is CN1CCC(C(=O)c2cccc(NC(=O)c3ccccc3I)c2)CC1. The van der Waals surface area contributed by atoms with E-state index >= 15 is 0 Å². The Kier molecular flexibility index (Phi) is 5.86. The molecule has 0 aromatic heterocycles. The molecule has 0 spiro atoms. The molecule has 130 valence electrons. The molecule has 0 saturated carbocycles. The average Bonchev–Trinajstić information content (AvgIpc) is 2.62. The summed E-state index contributed by atoms with van der Waals surface area (Å²) in [5, 5.41) is 2.90. The van der Waals surface area contributed by atoms with Crippen molar-refractivity contribution in [1.82, 2.24) is 4.90 Å². The molecule has 2 aromatic carbocycles. The lowest BCUT2D eigenvalue weighted by atomic mass is 9.89. The third-order valence-electron chi connectivity index (χ3n) is 4.61. The summed E-state index contributed by atoms with van der Waals surface area (Å²) in [6, 6.07) is 14.7. The van der Waals surface area contributed by atoms with E-state index in [1.54, 1.807) is 12.1 Å². The second-order valence-corrected chi connectivity index (χ2v) is 7.62. The molecule has 1 amide bonds. The molecule has 0 atom stereocenters. The summed E-state index contributed by atoms with van der Waals surface area (Å²) in [7, 11) is 2.09. The van der Waals surface area contributed by atoms with Crippen LogP contribution in [0, 0.1) is 9.49 Å². The molecule has 1 fully saturated rings. The molecular weight excluding hydrogens is 427 g/mol. The molecule has 2 aromatic rings. The molecule has 1 aliphatic rings. The van der Waals surface area contributed by atoms with Crippen molar-refractivity contribution in [3.05, 3.63) is 63.2 Å². The van der Waals surface area contributed by atoms with Gasteiger partial charge in [0.25, 0.3) is 5.91 Å². The van der Waals surface area contributed by atoms with Crippen LogP contribution in [0.3, 0.4) is 0 Å². The Bertz CT molecular complexity index is 783. The van der Waals surface area contributed by atoms with Crippen molar-refractivity contribution in [2.75, 3.05) is 25.5 Å². The molecule has 0 bridgehead atoms. The van der Waals surface area contributed by atoms with Crippen LogP contribution in [-0.2, 0) is 0 Å². The average molecular weight is 448 g/mol. The number of rotatable bonds is 4. The van der Waals surface area contributed by atoms with E-state index < -0.39 is 0 Å². The van der Waals surface area contributed by atoms with Gasteiger partial charge in [-0.15, -0.1) is 0 Å². The highest BCUT2D eigenvalue weighted by molar-refractivity contribution is 14.1. The second kappa shape index (κ2) is 8.10. The maximum absolute atomic E-state index is 12.7. The molecule has 1 N–H and O–H groups in total. The largest absolute Gasteiger partial charge is 0.322 e. The number of nitrogens with zero attached hydrogens (tertiary/aromatic N) is 1. The van der Waals surface area contributed by atoms with Gasteiger partial charge in [0, 0.05) is 20.7 Å². The van der Waals surface area contributed by atoms with Crippen molar-refractivity contribution < 1.29 is 9.59 Å². The van der Waals surface area contributed by atoms with Crippen molar-refractivity contribution in [3.63, 3.8) is 0 Å². The van der Waals surface area contributed by atoms with Crippen molar-refractivity contribution in [3.8, 4) is 0 Å². The number of hydrogen-bond acceptors (Lipinski definition) is 3. The fourth-order valence-corrected chi connectivity index (χ4v) is 3.73. The summed E-state index contributed by atoms with van der Waals surface area (Å²) in [5.41, 5.74) is 1.97. The number of nitrogens with one attached hydrogen (secondary N) is 1. The van der Waals surface area contributed by atoms with Gasteiger partial charge in [0.15, 0.2) is 5.78 Å². The Labute approximate surface area is 161 Å². The van der Waals surface area contributed by atoms with Gasteiger partial charge in [-0.3, -0.25) is 9.59 Å².